The first-order chi connectivity index (χ1) is 6.45. The van der Waals surface area contributed by atoms with Gasteiger partial charge in [-0.1, -0.05) is 6.07 Å². The van der Waals surface area contributed by atoms with Gasteiger partial charge in [0.25, 0.3) is 0 Å². The third-order valence-electron chi connectivity index (χ3n) is 2.31. The second-order valence-electron chi connectivity index (χ2n) is 3.38. The van der Waals surface area contributed by atoms with E-state index in [1.54, 1.807) is 0 Å². The normalized spacial score (nSPS) is 22.9. The summed E-state index contributed by atoms with van der Waals surface area (Å²) in [6.45, 7) is 3.20. The molecule has 0 spiro atoms. The zero-order valence-electron chi connectivity index (χ0n) is 7.66. The Kier molecular flexibility index (Phi) is 2.90. The first-order valence-electron chi connectivity index (χ1n) is 4.79. The molecule has 1 saturated heterocycles. The molecule has 2 heterocycles. The predicted octanol–water partition coefficient (Wildman–Crippen LogP) is 0.185. The second kappa shape index (κ2) is 4.35. The molecule has 0 aromatic carbocycles. The van der Waals surface area contributed by atoms with E-state index in [1.807, 2.05) is 18.3 Å². The predicted molar refractivity (Wildman–Crippen MR) is 52.6 cm³/mol. The van der Waals surface area contributed by atoms with E-state index in [2.05, 4.69) is 21.7 Å². The highest BCUT2D eigenvalue weighted by Gasteiger charge is 2.12. The lowest BCUT2D eigenvalue weighted by Crippen LogP contribution is -2.49. The summed E-state index contributed by atoms with van der Waals surface area (Å²) in [7, 11) is 0. The Balaban J connectivity index is 1.90. The maximum absolute atomic E-state index is 4.31. The van der Waals surface area contributed by atoms with Crippen LogP contribution in [0.25, 0.3) is 0 Å². The topological polar surface area (TPSA) is 37.0 Å². The maximum Gasteiger partial charge on any atom is 0.0419 e. The molecule has 1 aliphatic heterocycles. The molecule has 3 nitrogen and oxygen atoms in total. The molecular formula is C10H15N3. The lowest BCUT2D eigenvalue weighted by molar-refractivity contribution is 0.414. The van der Waals surface area contributed by atoms with E-state index in [4.69, 9.17) is 0 Å². The minimum Gasteiger partial charge on any atom is -0.314 e. The van der Waals surface area contributed by atoms with E-state index in [-0.39, 0.29) is 0 Å². The van der Waals surface area contributed by atoms with E-state index < -0.39 is 0 Å². The second-order valence-corrected chi connectivity index (χ2v) is 3.38. The Morgan fingerprint density at radius 1 is 1.38 bits per heavy atom. The van der Waals surface area contributed by atoms with Crippen LogP contribution < -0.4 is 10.6 Å². The molecule has 1 aromatic rings. The number of hydrogen-bond donors (Lipinski definition) is 2. The number of pyridine rings is 1. The number of nitrogens with one attached hydrogen (secondary N) is 2. The Labute approximate surface area is 78.6 Å². The van der Waals surface area contributed by atoms with Crippen LogP contribution in [-0.2, 0) is 6.42 Å². The molecular weight excluding hydrogens is 162 g/mol. The molecule has 13 heavy (non-hydrogen) atoms. The molecule has 2 N–H and O–H groups in total. The summed E-state index contributed by atoms with van der Waals surface area (Å²) in [4.78, 5) is 4.31. The van der Waals surface area contributed by atoms with Gasteiger partial charge in [-0.3, -0.25) is 4.98 Å². The largest absolute Gasteiger partial charge is 0.314 e. The number of piperazine rings is 1. The van der Waals surface area contributed by atoms with Crippen molar-refractivity contribution >= 4 is 0 Å². The van der Waals surface area contributed by atoms with Gasteiger partial charge in [0.05, 0.1) is 0 Å². The summed E-state index contributed by atoms with van der Waals surface area (Å²) in [6, 6.07) is 6.62. The van der Waals surface area contributed by atoms with Gasteiger partial charge in [0.15, 0.2) is 0 Å². The van der Waals surface area contributed by atoms with Gasteiger partial charge in [-0.15, -0.1) is 0 Å². The van der Waals surface area contributed by atoms with Crippen molar-refractivity contribution in [3.05, 3.63) is 30.1 Å². The van der Waals surface area contributed by atoms with E-state index in [1.165, 1.54) is 5.69 Å². The first kappa shape index (κ1) is 8.66. The third-order valence-corrected chi connectivity index (χ3v) is 2.31. The first-order valence-corrected chi connectivity index (χ1v) is 4.79. The van der Waals surface area contributed by atoms with Crippen molar-refractivity contribution in [1.29, 1.82) is 0 Å². The molecule has 0 amide bonds. The highest BCUT2D eigenvalue weighted by Crippen LogP contribution is 1.99. The van der Waals surface area contributed by atoms with Crippen LogP contribution in [0.2, 0.25) is 0 Å². The fourth-order valence-corrected chi connectivity index (χ4v) is 1.63. The van der Waals surface area contributed by atoms with Crippen molar-refractivity contribution in [3.63, 3.8) is 0 Å². The van der Waals surface area contributed by atoms with E-state index in [9.17, 15) is 0 Å². The molecule has 70 valence electrons. The van der Waals surface area contributed by atoms with Crippen molar-refractivity contribution < 1.29 is 0 Å². The summed E-state index contributed by atoms with van der Waals surface area (Å²) >= 11 is 0. The number of hydrogen-bond acceptors (Lipinski definition) is 3. The summed E-state index contributed by atoms with van der Waals surface area (Å²) in [5.41, 5.74) is 1.17. The van der Waals surface area contributed by atoms with Gasteiger partial charge in [-0.2, -0.15) is 0 Å². The maximum atomic E-state index is 4.31. The zero-order chi connectivity index (χ0) is 8.93. The van der Waals surface area contributed by atoms with E-state index >= 15 is 0 Å². The zero-order valence-corrected chi connectivity index (χ0v) is 7.66. The van der Waals surface area contributed by atoms with Crippen LogP contribution in [-0.4, -0.2) is 30.7 Å². The molecule has 1 aliphatic rings. The highest BCUT2D eigenvalue weighted by atomic mass is 15.1. The quantitative estimate of drug-likeness (QED) is 0.677. The van der Waals surface area contributed by atoms with E-state index in [0.717, 1.165) is 26.1 Å². The van der Waals surface area contributed by atoms with Crippen molar-refractivity contribution in [3.8, 4) is 0 Å². The molecule has 1 aromatic heterocycles. The number of aromatic nitrogens is 1. The molecule has 0 aliphatic carbocycles. The minimum absolute atomic E-state index is 0.545. The monoisotopic (exact) mass is 177 g/mol. The molecule has 0 saturated carbocycles. The van der Waals surface area contributed by atoms with Crippen LogP contribution in [0, 0.1) is 0 Å². The average molecular weight is 177 g/mol. The third kappa shape index (κ3) is 2.50. The van der Waals surface area contributed by atoms with Crippen LogP contribution >= 0.6 is 0 Å². The summed E-state index contributed by atoms with van der Waals surface area (Å²) in [6.07, 6.45) is 2.87. The van der Waals surface area contributed by atoms with Crippen LogP contribution in [0.1, 0.15) is 5.69 Å². The summed E-state index contributed by atoms with van der Waals surface area (Å²) in [5, 5.41) is 6.83. The molecule has 1 atom stereocenters. The molecule has 1 fully saturated rings. The molecule has 0 bridgehead atoms. The number of rotatable bonds is 2. The Bertz CT molecular complexity index is 242. The Hall–Kier alpha value is -0.930. The fraction of sp³-hybridized carbons (Fsp3) is 0.500. The van der Waals surface area contributed by atoms with Gasteiger partial charge in [0.1, 0.15) is 0 Å². The van der Waals surface area contributed by atoms with Crippen LogP contribution in [0.4, 0.5) is 0 Å². The van der Waals surface area contributed by atoms with Crippen LogP contribution in [0.15, 0.2) is 24.4 Å². The van der Waals surface area contributed by atoms with E-state index in [0.29, 0.717) is 6.04 Å². The average Bonchev–Trinajstić information content (AvgIpc) is 2.21. The summed E-state index contributed by atoms with van der Waals surface area (Å²) in [5.74, 6) is 0. The standard InChI is InChI=1S/C10H15N3/c1-2-4-12-9(3-1)7-10-8-11-5-6-13-10/h1-4,10-11,13H,5-8H2/t10-/m1/s1. The molecule has 2 rings (SSSR count). The fourth-order valence-electron chi connectivity index (χ4n) is 1.63. The van der Waals surface area contributed by atoms with Gasteiger partial charge in [0.2, 0.25) is 0 Å². The Morgan fingerprint density at radius 2 is 2.38 bits per heavy atom. The van der Waals surface area contributed by atoms with Gasteiger partial charge in [-0.25, -0.2) is 0 Å². The highest BCUT2D eigenvalue weighted by molar-refractivity contribution is 5.05. The SMILES string of the molecule is c1ccc(C[C@@H]2CNCCN2)nc1. The Morgan fingerprint density at radius 3 is 3.08 bits per heavy atom. The van der Waals surface area contributed by atoms with Gasteiger partial charge in [0, 0.05) is 44.0 Å². The van der Waals surface area contributed by atoms with Gasteiger partial charge in [-0.05, 0) is 12.1 Å². The van der Waals surface area contributed by atoms with Crippen molar-refractivity contribution in [1.82, 2.24) is 15.6 Å². The van der Waals surface area contributed by atoms with Crippen molar-refractivity contribution in [2.75, 3.05) is 19.6 Å². The van der Waals surface area contributed by atoms with Gasteiger partial charge >= 0.3 is 0 Å². The molecule has 0 unspecified atom stereocenters. The van der Waals surface area contributed by atoms with Crippen LogP contribution in [0.3, 0.4) is 0 Å². The van der Waals surface area contributed by atoms with Gasteiger partial charge < -0.3 is 10.6 Å². The lowest BCUT2D eigenvalue weighted by atomic mass is 10.1. The smallest absolute Gasteiger partial charge is 0.0419 e. The summed E-state index contributed by atoms with van der Waals surface area (Å²) < 4.78 is 0. The lowest BCUT2D eigenvalue weighted by Gasteiger charge is -2.24. The van der Waals surface area contributed by atoms with Crippen molar-refractivity contribution in [2.45, 2.75) is 12.5 Å². The number of nitrogens with zero attached hydrogens (tertiary/aromatic N) is 1. The van der Waals surface area contributed by atoms with Crippen molar-refractivity contribution in [2.24, 2.45) is 0 Å². The minimum atomic E-state index is 0.545. The van der Waals surface area contributed by atoms with Crippen LogP contribution in [0.5, 0.6) is 0 Å². The molecule has 0 radical (unpaired) electrons. The molecule has 3 heteroatoms.